The van der Waals surface area contributed by atoms with Crippen molar-refractivity contribution in [3.05, 3.63) is 51.8 Å². The van der Waals surface area contributed by atoms with Gasteiger partial charge in [-0.15, -0.1) is 11.3 Å². The number of benzene rings is 1. The quantitative estimate of drug-likeness (QED) is 0.724. The van der Waals surface area contributed by atoms with Crippen molar-refractivity contribution >= 4 is 27.5 Å². The lowest BCUT2D eigenvalue weighted by Gasteiger charge is -2.23. The number of likely N-dealkylation sites (tertiary alicyclic amines) is 1. The molecular formula is C20H23N3O2S. The number of para-hydroxylation sites is 1. The lowest BCUT2D eigenvalue weighted by atomic mass is 10.1. The van der Waals surface area contributed by atoms with Crippen molar-refractivity contribution in [3.63, 3.8) is 0 Å². The molecule has 2 atom stereocenters. The van der Waals surface area contributed by atoms with Crippen molar-refractivity contribution in [3.8, 4) is 0 Å². The average Bonchev–Trinajstić information content (AvgIpc) is 3.29. The zero-order valence-corrected chi connectivity index (χ0v) is 16.1. The number of thiazole rings is 1. The number of H-pyrrole nitrogens is 1. The minimum absolute atomic E-state index is 0.000689. The Kier molecular flexibility index (Phi) is 4.32. The number of hydrogen-bond acceptors (Lipinski definition) is 4. The van der Waals surface area contributed by atoms with Gasteiger partial charge in [-0.05, 0) is 51.3 Å². The molecule has 0 aliphatic carbocycles. The van der Waals surface area contributed by atoms with Crippen LogP contribution in [-0.2, 0) is 0 Å². The number of hydrogen-bond donors (Lipinski definition) is 2. The third kappa shape index (κ3) is 2.73. The molecule has 1 aliphatic rings. The second kappa shape index (κ2) is 6.52. The highest BCUT2D eigenvalue weighted by molar-refractivity contribution is 7.18. The number of aliphatic hydroxyl groups excluding tert-OH is 1. The molecule has 4 rings (SSSR count). The summed E-state index contributed by atoms with van der Waals surface area (Å²) in [5, 5.41) is 11.0. The van der Waals surface area contributed by atoms with Crippen LogP contribution in [0.4, 0.5) is 0 Å². The van der Waals surface area contributed by atoms with Crippen molar-refractivity contribution in [1.82, 2.24) is 14.9 Å². The van der Waals surface area contributed by atoms with Crippen molar-refractivity contribution in [2.45, 2.75) is 45.8 Å². The maximum atomic E-state index is 13.2. The number of carbonyl (C=O) groups excluding carboxylic acids is 1. The first-order valence-electron chi connectivity index (χ1n) is 9.01. The minimum atomic E-state index is -0.591. The number of fused-ring (bicyclic) bond motifs is 1. The Bertz CT molecular complexity index is 940. The highest BCUT2D eigenvalue weighted by atomic mass is 32.1. The molecule has 1 aromatic carbocycles. The fourth-order valence-corrected chi connectivity index (χ4v) is 5.16. The van der Waals surface area contributed by atoms with Gasteiger partial charge in [0.15, 0.2) is 0 Å². The number of aryl methyl sites for hydroxylation is 1. The van der Waals surface area contributed by atoms with Crippen LogP contribution in [0.1, 0.15) is 64.2 Å². The fraction of sp³-hybridized carbons (Fsp3) is 0.400. The van der Waals surface area contributed by atoms with Crippen LogP contribution in [0.5, 0.6) is 0 Å². The molecule has 1 saturated heterocycles. The van der Waals surface area contributed by atoms with E-state index in [-0.39, 0.29) is 11.9 Å². The molecule has 26 heavy (non-hydrogen) atoms. The molecule has 136 valence electrons. The highest BCUT2D eigenvalue weighted by Gasteiger charge is 2.34. The largest absolute Gasteiger partial charge is 0.389 e. The van der Waals surface area contributed by atoms with Crippen LogP contribution >= 0.6 is 11.3 Å². The number of amides is 1. The van der Waals surface area contributed by atoms with E-state index in [0.717, 1.165) is 51.4 Å². The molecule has 0 spiro atoms. The SMILES string of the molecule is Cc1[nH]c(C(=O)N2CCC[C@@H]2c2nc3ccccc3s2)c(C)c1[C@H](C)O. The summed E-state index contributed by atoms with van der Waals surface area (Å²) in [5.74, 6) is -0.000689. The molecule has 3 heterocycles. The molecule has 5 nitrogen and oxygen atoms in total. The van der Waals surface area contributed by atoms with E-state index in [0.29, 0.717) is 5.69 Å². The molecule has 0 saturated carbocycles. The Morgan fingerprint density at radius 1 is 1.38 bits per heavy atom. The van der Waals surface area contributed by atoms with Crippen LogP contribution < -0.4 is 0 Å². The fourth-order valence-electron chi connectivity index (χ4n) is 4.05. The number of aromatic amines is 1. The van der Waals surface area contributed by atoms with Crippen molar-refractivity contribution < 1.29 is 9.90 Å². The van der Waals surface area contributed by atoms with Gasteiger partial charge < -0.3 is 15.0 Å². The van der Waals surface area contributed by atoms with Crippen LogP contribution in [0.15, 0.2) is 24.3 Å². The highest BCUT2D eigenvalue weighted by Crippen LogP contribution is 2.38. The van der Waals surface area contributed by atoms with Gasteiger partial charge in [-0.25, -0.2) is 4.98 Å². The summed E-state index contributed by atoms with van der Waals surface area (Å²) in [7, 11) is 0. The van der Waals surface area contributed by atoms with Crippen LogP contribution in [0.2, 0.25) is 0 Å². The zero-order chi connectivity index (χ0) is 18.4. The molecule has 0 unspecified atom stereocenters. The van der Waals surface area contributed by atoms with Gasteiger partial charge in [-0.1, -0.05) is 12.1 Å². The summed E-state index contributed by atoms with van der Waals surface area (Å²) in [6, 6.07) is 8.13. The van der Waals surface area contributed by atoms with Gasteiger partial charge in [0.1, 0.15) is 10.7 Å². The van der Waals surface area contributed by atoms with Crippen LogP contribution in [-0.4, -0.2) is 32.4 Å². The molecule has 0 radical (unpaired) electrons. The second-order valence-corrected chi connectivity index (χ2v) is 8.08. The smallest absolute Gasteiger partial charge is 0.271 e. The number of nitrogens with zero attached hydrogens (tertiary/aromatic N) is 2. The monoisotopic (exact) mass is 369 g/mol. The Morgan fingerprint density at radius 2 is 2.15 bits per heavy atom. The second-order valence-electron chi connectivity index (χ2n) is 7.02. The van der Waals surface area contributed by atoms with Crippen molar-refractivity contribution in [1.29, 1.82) is 0 Å². The van der Waals surface area contributed by atoms with Crippen LogP contribution in [0, 0.1) is 13.8 Å². The predicted molar refractivity (Wildman–Crippen MR) is 104 cm³/mol. The number of rotatable bonds is 3. The van der Waals surface area contributed by atoms with E-state index in [2.05, 4.69) is 11.1 Å². The Morgan fingerprint density at radius 3 is 2.85 bits per heavy atom. The summed E-state index contributed by atoms with van der Waals surface area (Å²) in [4.78, 5) is 23.1. The first-order valence-corrected chi connectivity index (χ1v) is 9.82. The summed E-state index contributed by atoms with van der Waals surface area (Å²) < 4.78 is 1.16. The van der Waals surface area contributed by atoms with Gasteiger partial charge in [0.05, 0.1) is 22.4 Å². The summed E-state index contributed by atoms with van der Waals surface area (Å²) in [6.07, 6.45) is 1.33. The van der Waals surface area contributed by atoms with Gasteiger partial charge in [-0.3, -0.25) is 4.79 Å². The Labute approximate surface area is 156 Å². The summed E-state index contributed by atoms with van der Waals surface area (Å²) >= 11 is 1.67. The number of carbonyl (C=O) groups is 1. The molecule has 1 fully saturated rings. The Hall–Kier alpha value is -2.18. The lowest BCUT2D eigenvalue weighted by molar-refractivity contribution is 0.0729. The topological polar surface area (TPSA) is 69.2 Å². The number of aromatic nitrogens is 2. The van der Waals surface area contributed by atoms with Crippen molar-refractivity contribution in [2.24, 2.45) is 0 Å². The van der Waals surface area contributed by atoms with Gasteiger partial charge >= 0.3 is 0 Å². The number of nitrogens with one attached hydrogen (secondary N) is 1. The van der Waals surface area contributed by atoms with E-state index < -0.39 is 6.10 Å². The average molecular weight is 369 g/mol. The van der Waals surface area contributed by atoms with E-state index in [4.69, 9.17) is 4.98 Å². The molecule has 2 aromatic heterocycles. The first kappa shape index (κ1) is 17.2. The molecule has 1 aliphatic heterocycles. The van der Waals surface area contributed by atoms with Gasteiger partial charge in [0, 0.05) is 17.8 Å². The molecular weight excluding hydrogens is 346 g/mol. The van der Waals surface area contributed by atoms with Gasteiger partial charge in [-0.2, -0.15) is 0 Å². The Balaban J connectivity index is 1.68. The van der Waals surface area contributed by atoms with Crippen LogP contribution in [0.25, 0.3) is 10.2 Å². The zero-order valence-electron chi connectivity index (χ0n) is 15.2. The van der Waals surface area contributed by atoms with E-state index >= 15 is 0 Å². The predicted octanol–water partition coefficient (Wildman–Crippen LogP) is 4.27. The standard InChI is InChI=1S/C20H23N3O2S/c1-11-17(13(3)24)12(2)21-18(11)20(25)23-10-6-8-15(23)19-22-14-7-4-5-9-16(14)26-19/h4-5,7,9,13,15,21,24H,6,8,10H2,1-3H3/t13-,15+/m0/s1. The lowest BCUT2D eigenvalue weighted by Crippen LogP contribution is -2.31. The third-order valence-electron chi connectivity index (χ3n) is 5.24. The minimum Gasteiger partial charge on any atom is -0.389 e. The molecule has 0 bridgehead atoms. The normalized spacial score (nSPS) is 18.6. The van der Waals surface area contributed by atoms with E-state index in [9.17, 15) is 9.90 Å². The van der Waals surface area contributed by atoms with E-state index in [1.54, 1.807) is 18.3 Å². The summed E-state index contributed by atoms with van der Waals surface area (Å²) in [5.41, 5.74) is 4.11. The molecule has 6 heteroatoms. The molecule has 1 amide bonds. The van der Waals surface area contributed by atoms with E-state index in [1.165, 1.54) is 0 Å². The maximum Gasteiger partial charge on any atom is 0.271 e. The number of aliphatic hydroxyl groups is 1. The maximum absolute atomic E-state index is 13.2. The van der Waals surface area contributed by atoms with Gasteiger partial charge in [0.2, 0.25) is 0 Å². The first-order chi connectivity index (χ1) is 12.5. The van der Waals surface area contributed by atoms with Crippen molar-refractivity contribution in [2.75, 3.05) is 6.54 Å². The van der Waals surface area contributed by atoms with Crippen LogP contribution in [0.3, 0.4) is 0 Å². The summed E-state index contributed by atoms with van der Waals surface area (Å²) in [6.45, 7) is 6.28. The van der Waals surface area contributed by atoms with Gasteiger partial charge in [0.25, 0.3) is 5.91 Å². The van der Waals surface area contributed by atoms with E-state index in [1.807, 2.05) is 36.9 Å². The molecule has 2 N–H and O–H groups in total. The molecule has 3 aromatic rings. The third-order valence-corrected chi connectivity index (χ3v) is 6.37.